The van der Waals surface area contributed by atoms with Crippen molar-refractivity contribution >= 4 is 34.1 Å². The number of carboxylic acid groups (broad SMARTS) is 1. The summed E-state index contributed by atoms with van der Waals surface area (Å²) in [6, 6.07) is -0.233. The fraction of sp³-hybridized carbons (Fsp3) is 0.625. The first-order valence-corrected chi connectivity index (χ1v) is 8.94. The highest BCUT2D eigenvalue weighted by Crippen LogP contribution is 2.26. The van der Waals surface area contributed by atoms with Gasteiger partial charge in [-0.15, -0.1) is 0 Å². The highest BCUT2D eigenvalue weighted by atomic mass is 79.9. The molecule has 0 saturated heterocycles. The van der Waals surface area contributed by atoms with Crippen LogP contribution in [0.15, 0.2) is 16.9 Å². The summed E-state index contributed by atoms with van der Waals surface area (Å²) in [4.78, 5) is 32.9. The van der Waals surface area contributed by atoms with Crippen LogP contribution in [0, 0.1) is 0 Å². The van der Waals surface area contributed by atoms with E-state index < -0.39 is 17.8 Å². The Morgan fingerprint density at radius 1 is 1.24 bits per heavy atom. The molecule has 0 aliphatic heterocycles. The summed E-state index contributed by atoms with van der Waals surface area (Å²) in [6.45, 7) is 5.44. The molecule has 0 aromatic carbocycles. The second kappa shape index (κ2) is 7.99. The smallest absolute Gasteiger partial charge is 0.414 e. The molecule has 0 unspecified atom stereocenters. The number of hydrogen-bond acceptors (Lipinski definition) is 5. The fourth-order valence-corrected chi connectivity index (χ4v) is 2.99. The van der Waals surface area contributed by atoms with Crippen molar-refractivity contribution in [3.8, 4) is 0 Å². The molecule has 1 fully saturated rings. The third-order valence-electron chi connectivity index (χ3n) is 3.81. The number of hydrogen-bond donors (Lipinski definition) is 2. The highest BCUT2D eigenvalue weighted by molar-refractivity contribution is 9.10. The van der Waals surface area contributed by atoms with E-state index in [4.69, 9.17) is 4.74 Å². The van der Waals surface area contributed by atoms with Gasteiger partial charge in [0, 0.05) is 24.5 Å². The molecule has 1 aliphatic rings. The van der Waals surface area contributed by atoms with Crippen molar-refractivity contribution in [1.29, 1.82) is 0 Å². The van der Waals surface area contributed by atoms with Gasteiger partial charge >= 0.3 is 12.2 Å². The summed E-state index contributed by atoms with van der Waals surface area (Å²) < 4.78 is 5.94. The molecule has 0 atom stereocenters. The number of nitrogens with zero attached hydrogens (tertiary/aromatic N) is 3. The number of anilines is 1. The standard InChI is InChI=1S/C16H23BrN4O4/c1-16(2,3)25-14(22)20-11-4-6-12(7-5-11)21(15(23)24)13-18-8-10(17)9-19-13/h8-9,11-12H,4-7H2,1-3H3,(H,20,22)(H,23,24)/t11-,12-. The lowest BCUT2D eigenvalue weighted by Crippen LogP contribution is -2.47. The van der Waals surface area contributed by atoms with Crippen LogP contribution in [-0.2, 0) is 4.74 Å². The molecule has 0 radical (unpaired) electrons. The van der Waals surface area contributed by atoms with Crippen LogP contribution in [0.2, 0.25) is 0 Å². The molecule has 1 heterocycles. The Labute approximate surface area is 155 Å². The number of carbonyl (C=O) groups excluding carboxylic acids is 1. The molecule has 2 N–H and O–H groups in total. The quantitative estimate of drug-likeness (QED) is 0.782. The van der Waals surface area contributed by atoms with E-state index in [0.29, 0.717) is 30.2 Å². The van der Waals surface area contributed by atoms with Crippen LogP contribution in [0.3, 0.4) is 0 Å². The first-order valence-electron chi connectivity index (χ1n) is 8.15. The van der Waals surface area contributed by atoms with E-state index in [1.54, 1.807) is 0 Å². The molecule has 138 valence electrons. The Balaban J connectivity index is 1.94. The summed E-state index contributed by atoms with van der Waals surface area (Å²) in [5.74, 6) is 0.166. The summed E-state index contributed by atoms with van der Waals surface area (Å²) in [5, 5.41) is 12.4. The van der Waals surface area contributed by atoms with Crippen LogP contribution in [-0.4, -0.2) is 44.9 Å². The summed E-state index contributed by atoms with van der Waals surface area (Å²) in [6.07, 6.45) is 4.10. The number of ether oxygens (including phenoxy) is 1. The Kier molecular flexibility index (Phi) is 6.21. The van der Waals surface area contributed by atoms with Gasteiger partial charge in [-0.05, 0) is 62.4 Å². The lowest BCUT2D eigenvalue weighted by Gasteiger charge is -2.34. The SMILES string of the molecule is CC(C)(C)OC(=O)N[C@H]1CC[C@H](N(C(=O)O)c2ncc(Br)cn2)CC1. The van der Waals surface area contributed by atoms with E-state index >= 15 is 0 Å². The van der Waals surface area contributed by atoms with Crippen molar-refractivity contribution in [1.82, 2.24) is 15.3 Å². The number of amides is 2. The van der Waals surface area contributed by atoms with E-state index in [-0.39, 0.29) is 18.0 Å². The van der Waals surface area contributed by atoms with Crippen molar-refractivity contribution in [3.05, 3.63) is 16.9 Å². The van der Waals surface area contributed by atoms with Crippen LogP contribution in [0.1, 0.15) is 46.5 Å². The van der Waals surface area contributed by atoms with Gasteiger partial charge in [0.25, 0.3) is 0 Å². The molecular formula is C16H23BrN4O4. The maximum atomic E-state index is 11.8. The molecular weight excluding hydrogens is 392 g/mol. The van der Waals surface area contributed by atoms with Gasteiger partial charge < -0.3 is 15.2 Å². The number of aromatic nitrogens is 2. The first kappa shape index (κ1) is 19.4. The predicted molar refractivity (Wildman–Crippen MR) is 95.6 cm³/mol. The molecule has 1 aromatic heterocycles. The minimum Gasteiger partial charge on any atom is -0.465 e. The maximum Gasteiger partial charge on any atom is 0.414 e. The molecule has 25 heavy (non-hydrogen) atoms. The molecule has 8 nitrogen and oxygen atoms in total. The van der Waals surface area contributed by atoms with Crippen LogP contribution >= 0.6 is 15.9 Å². The predicted octanol–water partition coefficient (Wildman–Crippen LogP) is 3.56. The van der Waals surface area contributed by atoms with E-state index in [2.05, 4.69) is 31.2 Å². The minimum atomic E-state index is -1.08. The van der Waals surface area contributed by atoms with Crippen molar-refractivity contribution in [2.24, 2.45) is 0 Å². The third kappa shape index (κ3) is 5.84. The molecule has 9 heteroatoms. The normalized spacial score (nSPS) is 20.6. The Morgan fingerprint density at radius 3 is 2.28 bits per heavy atom. The lowest BCUT2D eigenvalue weighted by atomic mass is 9.90. The Morgan fingerprint density at radius 2 is 1.80 bits per heavy atom. The van der Waals surface area contributed by atoms with Crippen LogP contribution in [0.4, 0.5) is 15.5 Å². The third-order valence-corrected chi connectivity index (χ3v) is 4.22. The molecule has 2 rings (SSSR count). The van der Waals surface area contributed by atoms with Crippen molar-refractivity contribution < 1.29 is 19.4 Å². The van der Waals surface area contributed by atoms with Gasteiger partial charge in [-0.3, -0.25) is 0 Å². The minimum absolute atomic E-state index is 0.0208. The van der Waals surface area contributed by atoms with Gasteiger partial charge in [-0.1, -0.05) is 0 Å². The number of halogens is 1. The van der Waals surface area contributed by atoms with Crippen molar-refractivity contribution in [2.45, 2.75) is 64.1 Å². The van der Waals surface area contributed by atoms with E-state index in [9.17, 15) is 14.7 Å². The fourth-order valence-electron chi connectivity index (χ4n) is 2.79. The van der Waals surface area contributed by atoms with Crippen molar-refractivity contribution in [3.63, 3.8) is 0 Å². The number of rotatable bonds is 3. The second-order valence-corrected chi connectivity index (χ2v) is 7.92. The van der Waals surface area contributed by atoms with E-state index in [0.717, 1.165) is 0 Å². The van der Waals surface area contributed by atoms with Gasteiger partial charge in [-0.25, -0.2) is 24.5 Å². The molecule has 1 aliphatic carbocycles. The molecule has 2 amide bonds. The average molecular weight is 415 g/mol. The molecule has 1 aromatic rings. The topological polar surface area (TPSA) is 105 Å². The van der Waals surface area contributed by atoms with Crippen molar-refractivity contribution in [2.75, 3.05) is 4.90 Å². The van der Waals surface area contributed by atoms with Crippen LogP contribution < -0.4 is 10.2 Å². The summed E-state index contributed by atoms with van der Waals surface area (Å²) in [7, 11) is 0. The monoisotopic (exact) mass is 414 g/mol. The number of alkyl carbamates (subject to hydrolysis) is 1. The lowest BCUT2D eigenvalue weighted by molar-refractivity contribution is 0.0490. The first-order chi connectivity index (χ1) is 11.7. The zero-order chi connectivity index (χ0) is 18.6. The summed E-state index contributed by atoms with van der Waals surface area (Å²) in [5.41, 5.74) is -0.541. The van der Waals surface area contributed by atoms with Gasteiger partial charge in [-0.2, -0.15) is 0 Å². The Hall–Kier alpha value is -1.90. The molecule has 0 spiro atoms. The van der Waals surface area contributed by atoms with Crippen LogP contribution in [0.25, 0.3) is 0 Å². The number of nitrogens with one attached hydrogen (secondary N) is 1. The van der Waals surface area contributed by atoms with Gasteiger partial charge in [0.1, 0.15) is 5.60 Å². The molecule has 0 bridgehead atoms. The van der Waals surface area contributed by atoms with Gasteiger partial charge in [0.05, 0.1) is 4.47 Å². The highest BCUT2D eigenvalue weighted by Gasteiger charge is 2.32. The van der Waals surface area contributed by atoms with Gasteiger partial charge in [0.2, 0.25) is 5.95 Å². The zero-order valence-corrected chi connectivity index (χ0v) is 16.1. The zero-order valence-electron chi connectivity index (χ0n) is 14.5. The van der Waals surface area contributed by atoms with Crippen LogP contribution in [0.5, 0.6) is 0 Å². The second-order valence-electron chi connectivity index (χ2n) is 7.01. The summed E-state index contributed by atoms with van der Waals surface area (Å²) >= 11 is 3.24. The maximum absolute atomic E-state index is 11.8. The largest absolute Gasteiger partial charge is 0.465 e. The molecule has 1 saturated carbocycles. The van der Waals surface area contributed by atoms with Gasteiger partial charge in [0.15, 0.2) is 0 Å². The van der Waals surface area contributed by atoms with E-state index in [1.807, 2.05) is 20.8 Å². The average Bonchev–Trinajstić information content (AvgIpc) is 2.49. The Bertz CT molecular complexity index is 610. The number of carbonyl (C=O) groups is 2. The van der Waals surface area contributed by atoms with E-state index in [1.165, 1.54) is 17.3 Å².